The molecule has 0 spiro atoms. The molecule has 1 aromatic carbocycles. The molecule has 2 amide bonds. The highest BCUT2D eigenvalue weighted by Crippen LogP contribution is 2.22. The van der Waals surface area contributed by atoms with Crippen molar-refractivity contribution in [3.05, 3.63) is 29.8 Å². The maximum absolute atomic E-state index is 12.7. The molecule has 1 N–H and O–H groups in total. The van der Waals surface area contributed by atoms with Crippen LogP contribution in [-0.4, -0.2) is 63.3 Å². The number of hydrogen-bond acceptors (Lipinski definition) is 4. The number of carbonyl (C=O) groups excluding carboxylic acids is 2. The first-order valence-corrected chi connectivity index (χ1v) is 10.2. The Kier molecular flexibility index (Phi) is 6.41. The second-order valence-electron chi connectivity index (χ2n) is 6.84. The predicted octanol–water partition coefficient (Wildman–Crippen LogP) is 1.31. The molecule has 2 rings (SSSR count). The zero-order valence-corrected chi connectivity index (χ0v) is 16.5. The smallest absolute Gasteiger partial charge is 0.253 e. The van der Waals surface area contributed by atoms with Crippen LogP contribution in [0, 0.1) is 5.92 Å². The van der Waals surface area contributed by atoms with E-state index in [0.29, 0.717) is 31.5 Å². The van der Waals surface area contributed by atoms with Gasteiger partial charge < -0.3 is 9.80 Å². The van der Waals surface area contributed by atoms with Gasteiger partial charge in [0.1, 0.15) is 0 Å². The minimum Gasteiger partial charge on any atom is -0.343 e. The minimum absolute atomic E-state index is 0.0643. The van der Waals surface area contributed by atoms with Gasteiger partial charge in [0, 0.05) is 37.7 Å². The first-order valence-electron chi connectivity index (χ1n) is 8.77. The number of sulfonamides is 1. The summed E-state index contributed by atoms with van der Waals surface area (Å²) in [5, 5.41) is 0. The van der Waals surface area contributed by atoms with E-state index >= 15 is 0 Å². The fraction of sp³-hybridized carbons (Fsp3) is 0.556. The van der Waals surface area contributed by atoms with E-state index < -0.39 is 10.0 Å². The molecule has 0 aromatic heterocycles. The third-order valence-electron chi connectivity index (χ3n) is 4.91. The third kappa shape index (κ3) is 4.42. The van der Waals surface area contributed by atoms with Crippen molar-refractivity contribution in [1.82, 2.24) is 14.5 Å². The summed E-state index contributed by atoms with van der Waals surface area (Å²) in [4.78, 5) is 28.6. The Morgan fingerprint density at radius 3 is 2.38 bits per heavy atom. The fourth-order valence-corrected chi connectivity index (χ4v) is 3.74. The maximum atomic E-state index is 12.7. The van der Waals surface area contributed by atoms with E-state index in [9.17, 15) is 18.0 Å². The molecule has 0 saturated carbocycles. The van der Waals surface area contributed by atoms with Crippen LogP contribution in [-0.2, 0) is 14.8 Å². The highest BCUT2D eigenvalue weighted by Gasteiger charge is 2.30. The van der Waals surface area contributed by atoms with Gasteiger partial charge in [-0.15, -0.1) is 0 Å². The van der Waals surface area contributed by atoms with Crippen molar-refractivity contribution in [2.24, 2.45) is 5.92 Å². The topological polar surface area (TPSA) is 86.8 Å². The Balaban J connectivity index is 2.05. The zero-order chi connectivity index (χ0) is 19.5. The predicted molar refractivity (Wildman–Crippen MR) is 99.2 cm³/mol. The van der Waals surface area contributed by atoms with Gasteiger partial charge in [0.25, 0.3) is 5.91 Å². The van der Waals surface area contributed by atoms with Crippen LogP contribution >= 0.6 is 0 Å². The quantitative estimate of drug-likeness (QED) is 0.833. The molecule has 1 aliphatic heterocycles. The highest BCUT2D eigenvalue weighted by atomic mass is 32.2. The largest absolute Gasteiger partial charge is 0.343 e. The lowest BCUT2D eigenvalue weighted by Gasteiger charge is -2.34. The Morgan fingerprint density at radius 1 is 1.23 bits per heavy atom. The Hall–Kier alpha value is -1.93. The number of carbonyl (C=O) groups is 2. The molecule has 7 nitrogen and oxygen atoms in total. The number of nitrogens with one attached hydrogen (secondary N) is 1. The minimum atomic E-state index is -3.59. The average molecular weight is 381 g/mol. The van der Waals surface area contributed by atoms with Gasteiger partial charge in [0.2, 0.25) is 15.9 Å². The summed E-state index contributed by atoms with van der Waals surface area (Å²) >= 11 is 0. The normalized spacial score (nSPS) is 16.0. The van der Waals surface area contributed by atoms with Crippen molar-refractivity contribution < 1.29 is 18.0 Å². The van der Waals surface area contributed by atoms with Gasteiger partial charge in [0.15, 0.2) is 0 Å². The fourth-order valence-electron chi connectivity index (χ4n) is 2.97. The van der Waals surface area contributed by atoms with Gasteiger partial charge in [-0.2, -0.15) is 0 Å². The van der Waals surface area contributed by atoms with Crippen molar-refractivity contribution in [2.75, 3.05) is 27.2 Å². The summed E-state index contributed by atoms with van der Waals surface area (Å²) in [7, 11) is -0.457. The third-order valence-corrected chi connectivity index (χ3v) is 6.33. The Morgan fingerprint density at radius 2 is 1.85 bits per heavy atom. The van der Waals surface area contributed by atoms with E-state index in [4.69, 9.17) is 0 Å². The molecule has 1 aliphatic rings. The zero-order valence-electron chi connectivity index (χ0n) is 15.7. The molecule has 0 radical (unpaired) electrons. The molecule has 1 saturated heterocycles. The second-order valence-corrected chi connectivity index (χ2v) is 8.73. The van der Waals surface area contributed by atoms with Crippen LogP contribution in [0.25, 0.3) is 0 Å². The van der Waals surface area contributed by atoms with Crippen molar-refractivity contribution in [3.8, 4) is 0 Å². The second kappa shape index (κ2) is 8.18. The molecule has 0 aliphatic carbocycles. The van der Waals surface area contributed by atoms with Gasteiger partial charge in [-0.3, -0.25) is 9.59 Å². The van der Waals surface area contributed by atoms with Crippen LogP contribution < -0.4 is 4.72 Å². The summed E-state index contributed by atoms with van der Waals surface area (Å²) in [5.74, 6) is -0.155. The molecule has 8 heteroatoms. The van der Waals surface area contributed by atoms with Crippen LogP contribution in [0.5, 0.6) is 0 Å². The maximum Gasteiger partial charge on any atom is 0.253 e. The van der Waals surface area contributed by atoms with Crippen molar-refractivity contribution in [2.45, 2.75) is 37.6 Å². The molecule has 1 heterocycles. The van der Waals surface area contributed by atoms with Gasteiger partial charge in [0.05, 0.1) is 4.90 Å². The highest BCUT2D eigenvalue weighted by molar-refractivity contribution is 7.89. The average Bonchev–Trinajstić information content (AvgIpc) is 2.66. The van der Waals surface area contributed by atoms with Crippen LogP contribution in [0.2, 0.25) is 0 Å². The molecule has 0 atom stereocenters. The van der Waals surface area contributed by atoms with E-state index in [1.807, 2.05) is 13.8 Å². The number of benzene rings is 1. The summed E-state index contributed by atoms with van der Waals surface area (Å²) in [6.07, 6.45) is 1.24. The molecular weight excluding hydrogens is 354 g/mol. The lowest BCUT2D eigenvalue weighted by molar-refractivity contribution is -0.137. The number of likely N-dealkylation sites (tertiary alicyclic amines) is 1. The summed E-state index contributed by atoms with van der Waals surface area (Å²) < 4.78 is 26.1. The molecule has 0 unspecified atom stereocenters. The van der Waals surface area contributed by atoms with Gasteiger partial charge >= 0.3 is 0 Å². The van der Waals surface area contributed by atoms with E-state index in [1.165, 1.54) is 19.2 Å². The van der Waals surface area contributed by atoms with Gasteiger partial charge in [-0.05, 0) is 51.9 Å². The van der Waals surface area contributed by atoms with Gasteiger partial charge in [-0.25, -0.2) is 13.1 Å². The summed E-state index contributed by atoms with van der Waals surface area (Å²) in [6.45, 7) is 4.93. The van der Waals surface area contributed by atoms with Crippen LogP contribution in [0.3, 0.4) is 0 Å². The van der Waals surface area contributed by atoms with Crippen molar-refractivity contribution >= 4 is 21.8 Å². The molecule has 0 bridgehead atoms. The first-order chi connectivity index (χ1) is 12.2. The number of rotatable bonds is 5. The molecule has 1 fully saturated rings. The molecule has 1 aromatic rings. The summed E-state index contributed by atoms with van der Waals surface area (Å²) in [5.41, 5.74) is 0.338. The molecule has 26 heavy (non-hydrogen) atoms. The Labute approximate surface area is 155 Å². The first kappa shape index (κ1) is 20.4. The van der Waals surface area contributed by atoms with E-state index in [1.54, 1.807) is 29.0 Å². The van der Waals surface area contributed by atoms with Crippen LogP contribution in [0.4, 0.5) is 0 Å². The number of hydrogen-bond donors (Lipinski definition) is 1. The monoisotopic (exact) mass is 381 g/mol. The van der Waals surface area contributed by atoms with E-state index in [0.717, 1.165) is 0 Å². The molecule has 144 valence electrons. The Bertz CT molecular complexity index is 768. The van der Waals surface area contributed by atoms with Crippen LogP contribution in [0.1, 0.15) is 37.0 Å². The summed E-state index contributed by atoms with van der Waals surface area (Å²) in [6, 6.07) is 6.17. The SMILES string of the molecule is CNS(=O)(=O)c1cccc(C(=O)N2CCC(C(=O)N(C)C(C)C)CC2)c1. The van der Waals surface area contributed by atoms with Crippen molar-refractivity contribution in [1.29, 1.82) is 0 Å². The number of piperidine rings is 1. The van der Waals surface area contributed by atoms with E-state index in [-0.39, 0.29) is 28.7 Å². The standard InChI is InChI=1S/C18H27N3O4S/c1-13(2)20(4)17(22)14-8-10-21(11-9-14)18(23)15-6-5-7-16(12-15)26(24,25)19-3/h5-7,12-14,19H,8-11H2,1-4H3. The van der Waals surface area contributed by atoms with E-state index in [2.05, 4.69) is 4.72 Å². The lowest BCUT2D eigenvalue weighted by Crippen LogP contribution is -2.45. The van der Waals surface area contributed by atoms with Gasteiger partial charge in [-0.1, -0.05) is 6.07 Å². The number of nitrogens with zero attached hydrogens (tertiary/aromatic N) is 2. The van der Waals surface area contributed by atoms with Crippen molar-refractivity contribution in [3.63, 3.8) is 0 Å². The number of amides is 2. The lowest BCUT2D eigenvalue weighted by atomic mass is 9.94. The molecular formula is C18H27N3O4S. The van der Waals surface area contributed by atoms with Crippen LogP contribution in [0.15, 0.2) is 29.2 Å².